The van der Waals surface area contributed by atoms with Crippen molar-refractivity contribution < 1.29 is 19.0 Å². The molecule has 1 atom stereocenters. The van der Waals surface area contributed by atoms with Crippen LogP contribution in [0.3, 0.4) is 0 Å². The van der Waals surface area contributed by atoms with E-state index in [2.05, 4.69) is 15.3 Å². The average Bonchev–Trinajstić information content (AvgIpc) is 3.42. The maximum atomic E-state index is 11.9. The first-order chi connectivity index (χ1) is 14.1. The van der Waals surface area contributed by atoms with E-state index in [1.807, 2.05) is 23.1 Å². The number of nitrogens with zero attached hydrogens (tertiary/aromatic N) is 4. The molecule has 1 saturated heterocycles. The van der Waals surface area contributed by atoms with Crippen molar-refractivity contribution in [2.45, 2.75) is 6.42 Å². The van der Waals surface area contributed by atoms with Gasteiger partial charge in [0.05, 0.1) is 32.8 Å². The van der Waals surface area contributed by atoms with Gasteiger partial charge in [0.15, 0.2) is 22.1 Å². The number of hydrogen-bond acceptors (Lipinski definition) is 10. The minimum atomic E-state index is -0.199. The molecule has 3 heterocycles. The molecule has 29 heavy (non-hydrogen) atoms. The van der Waals surface area contributed by atoms with Crippen LogP contribution < -0.4 is 19.7 Å². The number of thiazole rings is 1. The molecule has 1 unspecified atom stereocenters. The highest BCUT2D eigenvalue weighted by atomic mass is 32.1. The molecule has 9 nitrogen and oxygen atoms in total. The van der Waals surface area contributed by atoms with Gasteiger partial charge in [0.1, 0.15) is 5.52 Å². The summed E-state index contributed by atoms with van der Waals surface area (Å²) < 4.78 is 15.5. The minimum Gasteiger partial charge on any atom is -0.493 e. The topological polar surface area (TPSA) is 98.7 Å². The quantitative estimate of drug-likeness (QED) is 0.609. The summed E-state index contributed by atoms with van der Waals surface area (Å²) in [4.78, 5) is 28.4. The van der Waals surface area contributed by atoms with E-state index in [1.54, 1.807) is 19.7 Å². The molecule has 152 valence electrons. The lowest BCUT2D eigenvalue weighted by atomic mass is 10.1. The summed E-state index contributed by atoms with van der Waals surface area (Å²) in [5, 5.41) is 3.31. The smallest absolute Gasteiger partial charge is 0.310 e. The standard InChI is InChI=1S/C19H21N5O4S/c1-26-13-5-4-12(8-14(13)27-2)21-16-15-17(29-10-20-15)23-19(22-16)24-7-6-11(9-24)18(25)28-3/h4-5,8,10-11H,6-7,9H2,1-3H3,(H,21,22,23). The van der Waals surface area contributed by atoms with Gasteiger partial charge >= 0.3 is 5.97 Å². The lowest BCUT2D eigenvalue weighted by molar-refractivity contribution is -0.144. The number of benzene rings is 1. The van der Waals surface area contributed by atoms with Crippen molar-refractivity contribution in [3.8, 4) is 11.5 Å². The van der Waals surface area contributed by atoms with Crippen LogP contribution in [0.4, 0.5) is 17.5 Å². The molecule has 0 bridgehead atoms. The number of carbonyl (C=O) groups excluding carboxylic acids is 1. The van der Waals surface area contributed by atoms with Crippen LogP contribution in [0.25, 0.3) is 10.3 Å². The number of carbonyl (C=O) groups is 1. The number of ether oxygens (including phenoxy) is 3. The molecule has 1 aliphatic heterocycles. The molecule has 10 heteroatoms. The van der Waals surface area contributed by atoms with Gasteiger partial charge in [-0.05, 0) is 18.6 Å². The fourth-order valence-corrected chi connectivity index (χ4v) is 3.98. The third-order valence-corrected chi connectivity index (χ3v) is 5.56. The molecule has 1 aromatic carbocycles. The molecule has 1 aliphatic rings. The minimum absolute atomic E-state index is 0.164. The summed E-state index contributed by atoms with van der Waals surface area (Å²) in [6.45, 7) is 1.23. The summed E-state index contributed by atoms with van der Waals surface area (Å²) in [5.41, 5.74) is 3.22. The van der Waals surface area contributed by atoms with Crippen molar-refractivity contribution >= 4 is 45.1 Å². The fourth-order valence-electron chi connectivity index (χ4n) is 3.33. The van der Waals surface area contributed by atoms with E-state index >= 15 is 0 Å². The fraction of sp³-hybridized carbons (Fsp3) is 0.368. The van der Waals surface area contributed by atoms with Crippen LogP contribution >= 0.6 is 11.3 Å². The largest absolute Gasteiger partial charge is 0.493 e. The van der Waals surface area contributed by atoms with Crippen molar-refractivity contribution in [1.29, 1.82) is 0 Å². The van der Waals surface area contributed by atoms with Crippen LogP contribution in [0.2, 0.25) is 0 Å². The molecule has 1 N–H and O–H groups in total. The molecule has 0 aliphatic carbocycles. The number of esters is 1. The van der Waals surface area contributed by atoms with Crippen LogP contribution in [0, 0.1) is 5.92 Å². The van der Waals surface area contributed by atoms with E-state index in [0.29, 0.717) is 41.9 Å². The van der Waals surface area contributed by atoms with Gasteiger partial charge < -0.3 is 24.4 Å². The van der Waals surface area contributed by atoms with E-state index in [4.69, 9.17) is 19.2 Å². The first kappa shape index (κ1) is 19.2. The van der Waals surface area contributed by atoms with Crippen LogP contribution in [0.15, 0.2) is 23.7 Å². The molecule has 3 aromatic rings. The number of aromatic nitrogens is 3. The lowest BCUT2D eigenvalue weighted by Crippen LogP contribution is -2.25. The number of nitrogens with one attached hydrogen (secondary N) is 1. The number of rotatable bonds is 6. The van der Waals surface area contributed by atoms with Crippen LogP contribution in [0.5, 0.6) is 11.5 Å². The molecule has 1 fully saturated rings. The maximum absolute atomic E-state index is 11.9. The molecule has 2 aromatic heterocycles. The van der Waals surface area contributed by atoms with Gasteiger partial charge in [0.2, 0.25) is 5.95 Å². The summed E-state index contributed by atoms with van der Waals surface area (Å²) >= 11 is 1.45. The third kappa shape index (κ3) is 3.75. The van der Waals surface area contributed by atoms with E-state index in [0.717, 1.165) is 16.9 Å². The van der Waals surface area contributed by atoms with Gasteiger partial charge in [-0.3, -0.25) is 4.79 Å². The predicted octanol–water partition coefficient (Wildman–Crippen LogP) is 2.85. The van der Waals surface area contributed by atoms with Crippen molar-refractivity contribution in [2.75, 3.05) is 44.6 Å². The maximum Gasteiger partial charge on any atom is 0.310 e. The Labute approximate surface area is 171 Å². The molecule has 0 radical (unpaired) electrons. The second kappa shape index (κ2) is 8.08. The number of hydrogen-bond donors (Lipinski definition) is 1. The van der Waals surface area contributed by atoms with E-state index in [-0.39, 0.29) is 11.9 Å². The summed E-state index contributed by atoms with van der Waals surface area (Å²) in [5.74, 6) is 2.06. The molecule has 0 spiro atoms. The second-order valence-corrected chi connectivity index (χ2v) is 7.36. The molecular weight excluding hydrogens is 394 g/mol. The van der Waals surface area contributed by atoms with E-state index in [9.17, 15) is 4.79 Å². The Morgan fingerprint density at radius 1 is 1.21 bits per heavy atom. The van der Waals surface area contributed by atoms with Crippen LogP contribution in [-0.2, 0) is 9.53 Å². The normalized spacial score (nSPS) is 16.1. The summed E-state index contributed by atoms with van der Waals surface area (Å²) in [7, 11) is 4.60. The Bertz CT molecular complexity index is 1040. The highest BCUT2D eigenvalue weighted by Crippen LogP contribution is 2.33. The molecule has 4 rings (SSSR count). The van der Waals surface area contributed by atoms with Gasteiger partial charge in [-0.15, -0.1) is 11.3 Å². The van der Waals surface area contributed by atoms with E-state index in [1.165, 1.54) is 18.4 Å². The summed E-state index contributed by atoms with van der Waals surface area (Å²) in [6, 6.07) is 5.54. The zero-order valence-corrected chi connectivity index (χ0v) is 17.2. The SMILES string of the molecule is COC(=O)C1CCN(c2nc(Nc3ccc(OC)c(OC)c3)c3ncsc3n2)C1. The van der Waals surface area contributed by atoms with Crippen LogP contribution in [0.1, 0.15) is 6.42 Å². The van der Waals surface area contributed by atoms with Gasteiger partial charge in [-0.25, -0.2) is 4.98 Å². The van der Waals surface area contributed by atoms with Crippen molar-refractivity contribution in [3.05, 3.63) is 23.7 Å². The Balaban J connectivity index is 1.65. The molecule has 0 amide bonds. The Morgan fingerprint density at radius 2 is 2.03 bits per heavy atom. The lowest BCUT2D eigenvalue weighted by Gasteiger charge is -2.17. The summed E-state index contributed by atoms with van der Waals surface area (Å²) in [6.07, 6.45) is 0.717. The second-order valence-electron chi connectivity index (χ2n) is 6.53. The number of methoxy groups -OCH3 is 3. The van der Waals surface area contributed by atoms with Gasteiger partial charge in [-0.1, -0.05) is 0 Å². The highest BCUT2D eigenvalue weighted by molar-refractivity contribution is 7.16. The first-order valence-electron chi connectivity index (χ1n) is 9.06. The zero-order valence-electron chi connectivity index (χ0n) is 16.3. The highest BCUT2D eigenvalue weighted by Gasteiger charge is 2.31. The predicted molar refractivity (Wildman–Crippen MR) is 110 cm³/mol. The molecule has 0 saturated carbocycles. The Kier molecular flexibility index (Phi) is 5.34. The van der Waals surface area contributed by atoms with Gasteiger partial charge in [0, 0.05) is 24.8 Å². The van der Waals surface area contributed by atoms with Gasteiger partial charge in [0.25, 0.3) is 0 Å². The number of fused-ring (bicyclic) bond motifs is 1. The van der Waals surface area contributed by atoms with Crippen LogP contribution in [-0.4, -0.2) is 55.3 Å². The average molecular weight is 415 g/mol. The van der Waals surface area contributed by atoms with Crippen molar-refractivity contribution in [2.24, 2.45) is 5.92 Å². The molecular formula is C19H21N5O4S. The van der Waals surface area contributed by atoms with Gasteiger partial charge in [-0.2, -0.15) is 9.97 Å². The van der Waals surface area contributed by atoms with E-state index < -0.39 is 0 Å². The monoisotopic (exact) mass is 415 g/mol. The van der Waals surface area contributed by atoms with Crippen molar-refractivity contribution in [1.82, 2.24) is 15.0 Å². The Hall–Kier alpha value is -3.14. The number of anilines is 3. The first-order valence-corrected chi connectivity index (χ1v) is 9.94. The van der Waals surface area contributed by atoms with Crippen molar-refractivity contribution in [3.63, 3.8) is 0 Å². The zero-order chi connectivity index (χ0) is 20.4. The third-order valence-electron chi connectivity index (χ3n) is 4.84. The Morgan fingerprint density at radius 3 is 2.79 bits per heavy atom.